The van der Waals surface area contributed by atoms with Gasteiger partial charge in [-0.3, -0.25) is 0 Å². The third-order valence-electron chi connectivity index (χ3n) is 3.94. The molecule has 21 heavy (non-hydrogen) atoms. The van der Waals surface area contributed by atoms with E-state index in [9.17, 15) is 0 Å². The molecule has 2 nitrogen and oxygen atoms in total. The van der Waals surface area contributed by atoms with Crippen molar-refractivity contribution in [3.8, 4) is 5.75 Å². The highest BCUT2D eigenvalue weighted by molar-refractivity contribution is 7.12. The van der Waals surface area contributed by atoms with Gasteiger partial charge >= 0.3 is 0 Å². The third-order valence-corrected chi connectivity index (χ3v) is 5.03. The third kappa shape index (κ3) is 4.08. The Hall–Kier alpha value is -1.32. The Morgan fingerprint density at radius 2 is 2.00 bits per heavy atom. The van der Waals surface area contributed by atoms with Gasteiger partial charge < -0.3 is 10.1 Å². The first kappa shape index (κ1) is 14.6. The van der Waals surface area contributed by atoms with Gasteiger partial charge in [-0.05, 0) is 49.9 Å². The molecule has 2 aromatic rings. The minimum absolute atomic E-state index is 0.664. The molecule has 1 heterocycles. The van der Waals surface area contributed by atoms with E-state index in [1.165, 1.54) is 33.7 Å². The molecule has 1 aromatic heterocycles. The second-order valence-corrected chi connectivity index (χ2v) is 7.08. The van der Waals surface area contributed by atoms with Gasteiger partial charge in [0.1, 0.15) is 12.4 Å². The van der Waals surface area contributed by atoms with Gasteiger partial charge in [-0.25, -0.2) is 0 Å². The van der Waals surface area contributed by atoms with E-state index < -0.39 is 0 Å². The summed E-state index contributed by atoms with van der Waals surface area (Å²) in [6.07, 6.45) is 3.75. The van der Waals surface area contributed by atoms with Crippen LogP contribution in [0, 0.1) is 6.92 Å². The van der Waals surface area contributed by atoms with Gasteiger partial charge in [0.25, 0.3) is 0 Å². The maximum Gasteiger partial charge on any atom is 0.119 e. The Balaban J connectivity index is 1.55. The van der Waals surface area contributed by atoms with Crippen molar-refractivity contribution >= 4 is 11.3 Å². The van der Waals surface area contributed by atoms with Crippen molar-refractivity contribution in [3.05, 3.63) is 51.2 Å². The SMILES string of the molecule is CCc1ccc(OCc2cc(CNC3CC3)sc2C)cc1. The number of benzene rings is 1. The number of aryl methyl sites for hydroxylation is 2. The minimum atomic E-state index is 0.664. The van der Waals surface area contributed by atoms with Crippen LogP contribution in [0.3, 0.4) is 0 Å². The summed E-state index contributed by atoms with van der Waals surface area (Å²) in [5.41, 5.74) is 2.66. The zero-order valence-electron chi connectivity index (χ0n) is 12.8. The van der Waals surface area contributed by atoms with Gasteiger partial charge in [-0.1, -0.05) is 19.1 Å². The summed E-state index contributed by atoms with van der Waals surface area (Å²) < 4.78 is 5.91. The van der Waals surface area contributed by atoms with E-state index in [1.807, 2.05) is 11.3 Å². The lowest BCUT2D eigenvalue weighted by Crippen LogP contribution is -2.14. The first-order valence-corrected chi connectivity index (χ1v) is 8.59. The molecule has 1 aliphatic rings. The lowest BCUT2D eigenvalue weighted by Gasteiger charge is -2.06. The van der Waals surface area contributed by atoms with E-state index in [4.69, 9.17) is 4.74 Å². The topological polar surface area (TPSA) is 21.3 Å². The van der Waals surface area contributed by atoms with Crippen LogP contribution in [0.15, 0.2) is 30.3 Å². The van der Waals surface area contributed by atoms with Crippen LogP contribution in [-0.2, 0) is 19.6 Å². The van der Waals surface area contributed by atoms with Crippen LogP contribution in [0.25, 0.3) is 0 Å². The lowest BCUT2D eigenvalue weighted by molar-refractivity contribution is 0.306. The fraction of sp³-hybridized carbons (Fsp3) is 0.444. The normalized spacial score (nSPS) is 14.4. The van der Waals surface area contributed by atoms with Crippen LogP contribution in [0.2, 0.25) is 0 Å². The molecule has 3 heteroatoms. The Morgan fingerprint density at radius 1 is 1.24 bits per heavy atom. The zero-order valence-corrected chi connectivity index (χ0v) is 13.6. The van der Waals surface area contributed by atoms with Gasteiger partial charge in [0.15, 0.2) is 0 Å². The molecule has 1 aliphatic carbocycles. The fourth-order valence-corrected chi connectivity index (χ4v) is 3.33. The highest BCUT2D eigenvalue weighted by Gasteiger charge is 2.20. The maximum atomic E-state index is 5.91. The summed E-state index contributed by atoms with van der Waals surface area (Å²) in [5, 5.41) is 3.57. The Kier molecular flexibility index (Phi) is 4.61. The standard InChI is InChI=1S/C18H23NOS/c1-3-14-4-8-17(9-5-14)20-12-15-10-18(21-13(15)2)11-19-16-6-7-16/h4-5,8-10,16,19H,3,6-7,11-12H2,1-2H3. The molecule has 0 bridgehead atoms. The monoisotopic (exact) mass is 301 g/mol. The average molecular weight is 301 g/mol. The molecule has 0 saturated heterocycles. The molecular formula is C18H23NOS. The Labute approximate surface area is 131 Å². The van der Waals surface area contributed by atoms with Crippen molar-refractivity contribution in [1.82, 2.24) is 5.32 Å². The van der Waals surface area contributed by atoms with Crippen LogP contribution in [-0.4, -0.2) is 6.04 Å². The van der Waals surface area contributed by atoms with E-state index >= 15 is 0 Å². The van der Waals surface area contributed by atoms with Crippen LogP contribution in [0.1, 0.15) is 40.6 Å². The predicted molar refractivity (Wildman–Crippen MR) is 89.1 cm³/mol. The van der Waals surface area contributed by atoms with Gasteiger partial charge in [-0.2, -0.15) is 0 Å². The van der Waals surface area contributed by atoms with E-state index in [1.54, 1.807) is 0 Å². The van der Waals surface area contributed by atoms with Gasteiger partial charge in [0, 0.05) is 27.9 Å². The maximum absolute atomic E-state index is 5.91. The van der Waals surface area contributed by atoms with Crippen molar-refractivity contribution in [3.63, 3.8) is 0 Å². The number of hydrogen-bond acceptors (Lipinski definition) is 3. The minimum Gasteiger partial charge on any atom is -0.489 e. The van der Waals surface area contributed by atoms with Gasteiger partial charge in [0.05, 0.1) is 0 Å². The lowest BCUT2D eigenvalue weighted by atomic mass is 10.2. The molecule has 0 atom stereocenters. The van der Waals surface area contributed by atoms with Crippen molar-refractivity contribution in [2.45, 2.75) is 52.3 Å². The number of ether oxygens (including phenoxy) is 1. The van der Waals surface area contributed by atoms with Gasteiger partial charge in [0.2, 0.25) is 0 Å². The van der Waals surface area contributed by atoms with E-state index in [0.717, 1.165) is 24.8 Å². The zero-order chi connectivity index (χ0) is 14.7. The quantitative estimate of drug-likeness (QED) is 0.816. The van der Waals surface area contributed by atoms with Crippen LogP contribution < -0.4 is 10.1 Å². The molecule has 1 saturated carbocycles. The van der Waals surface area contributed by atoms with E-state index in [0.29, 0.717) is 6.61 Å². The molecule has 0 unspecified atom stereocenters. The summed E-state index contributed by atoms with van der Waals surface area (Å²) in [6.45, 7) is 6.02. The van der Waals surface area contributed by atoms with E-state index in [2.05, 4.69) is 49.5 Å². The second-order valence-electron chi connectivity index (χ2n) is 5.74. The number of rotatable bonds is 7. The van der Waals surface area contributed by atoms with Crippen molar-refractivity contribution < 1.29 is 4.74 Å². The van der Waals surface area contributed by atoms with Crippen molar-refractivity contribution in [1.29, 1.82) is 0 Å². The molecule has 0 amide bonds. The molecule has 1 aromatic carbocycles. The predicted octanol–water partition coefficient (Wildman–Crippen LogP) is 4.45. The molecular weight excluding hydrogens is 278 g/mol. The molecule has 112 valence electrons. The molecule has 0 radical (unpaired) electrons. The Bertz CT molecular complexity index is 584. The second kappa shape index (κ2) is 6.63. The first-order valence-electron chi connectivity index (χ1n) is 7.78. The summed E-state index contributed by atoms with van der Waals surface area (Å²) >= 11 is 1.88. The molecule has 0 spiro atoms. The molecule has 1 N–H and O–H groups in total. The highest BCUT2D eigenvalue weighted by atomic mass is 32.1. The van der Waals surface area contributed by atoms with Crippen LogP contribution in [0.4, 0.5) is 0 Å². The number of hydrogen-bond donors (Lipinski definition) is 1. The molecule has 1 fully saturated rings. The van der Waals surface area contributed by atoms with E-state index in [-0.39, 0.29) is 0 Å². The average Bonchev–Trinajstić information content (AvgIpc) is 3.27. The van der Waals surface area contributed by atoms with Crippen molar-refractivity contribution in [2.24, 2.45) is 0 Å². The van der Waals surface area contributed by atoms with Crippen LogP contribution >= 0.6 is 11.3 Å². The summed E-state index contributed by atoms with van der Waals surface area (Å²) in [6, 6.07) is 11.5. The Morgan fingerprint density at radius 3 is 2.67 bits per heavy atom. The first-order chi connectivity index (χ1) is 10.2. The number of nitrogens with one attached hydrogen (secondary N) is 1. The van der Waals surface area contributed by atoms with Gasteiger partial charge in [-0.15, -0.1) is 11.3 Å². The summed E-state index contributed by atoms with van der Waals surface area (Å²) in [7, 11) is 0. The smallest absolute Gasteiger partial charge is 0.119 e. The molecule has 0 aliphatic heterocycles. The molecule has 3 rings (SSSR count). The summed E-state index contributed by atoms with van der Waals surface area (Å²) in [5.74, 6) is 0.954. The highest BCUT2D eigenvalue weighted by Crippen LogP contribution is 2.25. The van der Waals surface area contributed by atoms with Crippen LogP contribution in [0.5, 0.6) is 5.75 Å². The largest absolute Gasteiger partial charge is 0.489 e. The summed E-state index contributed by atoms with van der Waals surface area (Å²) in [4.78, 5) is 2.78. The van der Waals surface area contributed by atoms with Crippen molar-refractivity contribution in [2.75, 3.05) is 0 Å². The fourth-order valence-electron chi connectivity index (χ4n) is 2.33. The number of thiophene rings is 1.